The molecule has 0 atom stereocenters. The minimum Gasteiger partial charge on any atom is -0.494 e. The van der Waals surface area contributed by atoms with E-state index in [9.17, 15) is 24.4 Å². The van der Waals surface area contributed by atoms with Gasteiger partial charge in [-0.05, 0) is 183 Å². The topological polar surface area (TPSA) is 147 Å². The number of rotatable bonds is 26. The average Bonchev–Trinajstić information content (AvgIpc) is 3.44. The van der Waals surface area contributed by atoms with Crippen LogP contribution >= 0.6 is 0 Å². The van der Waals surface area contributed by atoms with Crippen molar-refractivity contribution in [3.63, 3.8) is 0 Å². The first kappa shape index (κ1) is 54.3. The lowest BCUT2D eigenvalue weighted by atomic mass is 9.77. The Hall–Kier alpha value is -7.45. The van der Waals surface area contributed by atoms with Gasteiger partial charge in [0.25, 0.3) is 0 Å². The summed E-state index contributed by atoms with van der Waals surface area (Å²) in [4.78, 5) is 48.7. The highest BCUT2D eigenvalue weighted by Gasteiger charge is 2.26. The van der Waals surface area contributed by atoms with Crippen LogP contribution in [0.15, 0.2) is 141 Å². The second-order valence-corrected chi connectivity index (χ2v) is 19.4. The maximum absolute atomic E-state index is 13.2. The molecule has 2 aliphatic carbocycles. The lowest BCUT2D eigenvalue weighted by molar-refractivity contribution is -0.138. The van der Waals surface area contributed by atoms with E-state index >= 15 is 0 Å². The monoisotopic (exact) mass is 999 g/mol. The molecule has 0 heterocycles. The van der Waals surface area contributed by atoms with E-state index in [-0.39, 0.29) is 30.3 Å². The Morgan fingerprint density at radius 1 is 0.486 bits per heavy atom. The van der Waals surface area contributed by atoms with Gasteiger partial charge < -0.3 is 28.4 Å². The summed E-state index contributed by atoms with van der Waals surface area (Å²) in [6, 6.07) is 40.5. The number of unbranched alkanes of at least 4 members (excludes halogenated alkanes) is 2. The van der Waals surface area contributed by atoms with Gasteiger partial charge in [0.15, 0.2) is 11.5 Å². The number of ether oxygens (including phenoxy) is 6. The van der Waals surface area contributed by atoms with Crippen LogP contribution in [-0.2, 0) is 28.7 Å². The number of hydrogen-bond acceptors (Lipinski definition) is 11. The molecule has 2 fully saturated rings. The molecule has 0 spiro atoms. The summed E-state index contributed by atoms with van der Waals surface area (Å²) in [5.41, 5.74) is 7.52. The average molecular weight is 1000 g/mol. The molecule has 0 N–H and O–H groups in total. The highest BCUT2D eigenvalue weighted by atomic mass is 16.6. The number of carbonyl (C=O) groups is 4. The van der Waals surface area contributed by atoms with Crippen LogP contribution in [0.4, 0.5) is 0 Å². The maximum atomic E-state index is 13.2. The molecule has 5 aromatic rings. The van der Waals surface area contributed by atoms with Gasteiger partial charge in [0.05, 0.1) is 38.1 Å². The van der Waals surface area contributed by atoms with Gasteiger partial charge in [-0.1, -0.05) is 86.0 Å². The second-order valence-electron chi connectivity index (χ2n) is 19.4. The summed E-state index contributed by atoms with van der Waals surface area (Å²) in [6.07, 6.45) is 15.6. The number of benzene rings is 5. The predicted molar refractivity (Wildman–Crippen MR) is 286 cm³/mol. The van der Waals surface area contributed by atoms with E-state index in [4.69, 9.17) is 28.4 Å². The lowest BCUT2D eigenvalue weighted by Gasteiger charge is -2.29. The fraction of sp³-hybridized carbons (Fsp3) is 0.381. The minimum atomic E-state index is -0.407. The summed E-state index contributed by atoms with van der Waals surface area (Å²) in [6.45, 7) is 8.61. The van der Waals surface area contributed by atoms with E-state index in [1.54, 1.807) is 6.07 Å². The lowest BCUT2D eigenvalue weighted by Crippen LogP contribution is -2.17. The van der Waals surface area contributed by atoms with Crippen molar-refractivity contribution in [2.75, 3.05) is 26.4 Å². The third-order valence-corrected chi connectivity index (χ3v) is 14.3. The quantitative estimate of drug-likeness (QED) is 0.0226. The fourth-order valence-electron chi connectivity index (χ4n) is 9.94. The molecule has 386 valence electrons. The zero-order valence-corrected chi connectivity index (χ0v) is 42.5. The van der Waals surface area contributed by atoms with Gasteiger partial charge in [-0.25, -0.2) is 9.59 Å². The second kappa shape index (κ2) is 28.7. The van der Waals surface area contributed by atoms with Crippen molar-refractivity contribution in [1.82, 2.24) is 0 Å². The summed E-state index contributed by atoms with van der Waals surface area (Å²) in [5, 5.41) is 9.59. The van der Waals surface area contributed by atoms with Crippen LogP contribution in [0.5, 0.6) is 23.0 Å². The van der Waals surface area contributed by atoms with Crippen LogP contribution < -0.4 is 18.9 Å². The third-order valence-electron chi connectivity index (χ3n) is 14.3. The van der Waals surface area contributed by atoms with Crippen LogP contribution in [-0.4, -0.2) is 50.3 Å². The standard InChI is InChI=1S/C63H69NO10/c1-3-60(65)71-41-7-5-39-69-56-32-28-54(29-33-56)52-24-20-50(21-25-52)48-16-9-45(10-17-48)14-37-62(67)73-58-36-13-47(44-64)43-59(58)74-63(68)38-15-46-11-18-49(19-12-46)51-22-26-53(27-23-51)55-30-34-57(35-31-55)70-40-6-8-42-72-61(66)4-2/h3-4,13,20-36,43,45-46,48-49H,1-2,5-12,14-19,37-42H2. The fourth-order valence-corrected chi connectivity index (χ4v) is 9.94. The van der Waals surface area contributed by atoms with Crippen molar-refractivity contribution < 1.29 is 47.6 Å². The molecule has 2 saturated carbocycles. The molecule has 0 aliphatic heterocycles. The van der Waals surface area contributed by atoms with Gasteiger partial charge in [0, 0.05) is 31.1 Å². The highest BCUT2D eigenvalue weighted by Crippen LogP contribution is 2.40. The van der Waals surface area contributed by atoms with E-state index in [0.29, 0.717) is 62.1 Å². The van der Waals surface area contributed by atoms with Crippen LogP contribution in [0.3, 0.4) is 0 Å². The molecule has 74 heavy (non-hydrogen) atoms. The summed E-state index contributed by atoms with van der Waals surface area (Å²) in [5.74, 6) is 2.05. The number of nitriles is 1. The van der Waals surface area contributed by atoms with Gasteiger partial charge in [0.1, 0.15) is 11.5 Å². The van der Waals surface area contributed by atoms with Crippen molar-refractivity contribution >= 4 is 23.9 Å². The Balaban J connectivity index is 0.777. The van der Waals surface area contributed by atoms with Crippen molar-refractivity contribution in [2.24, 2.45) is 11.8 Å². The molecular weight excluding hydrogens is 931 g/mol. The SMILES string of the molecule is C=CC(=O)OCCCCOc1ccc(-c2ccc(C3CCC(CCC(=O)Oc4ccc(C#N)cc4OC(=O)CCC4CCC(c5ccc(-c6ccc(OCCCCOC(=O)C=C)cc6)cc5)CC4)CC3)cc2)cc1. The Bertz CT molecular complexity index is 2650. The van der Waals surface area contributed by atoms with E-state index in [2.05, 4.69) is 92.0 Å². The highest BCUT2D eigenvalue weighted by molar-refractivity contribution is 5.81. The van der Waals surface area contributed by atoms with Gasteiger partial charge in [-0.2, -0.15) is 5.26 Å². The summed E-state index contributed by atoms with van der Waals surface area (Å²) >= 11 is 0. The van der Waals surface area contributed by atoms with Crippen LogP contribution in [0.2, 0.25) is 0 Å². The third kappa shape index (κ3) is 17.1. The van der Waals surface area contributed by atoms with Crippen LogP contribution in [0.1, 0.15) is 131 Å². The van der Waals surface area contributed by atoms with Gasteiger partial charge >= 0.3 is 23.9 Å². The molecule has 0 bridgehead atoms. The van der Waals surface area contributed by atoms with E-state index < -0.39 is 17.9 Å². The molecule has 0 aromatic heterocycles. The van der Waals surface area contributed by atoms with Gasteiger partial charge in [-0.3, -0.25) is 9.59 Å². The van der Waals surface area contributed by atoms with Crippen molar-refractivity contribution in [3.05, 3.63) is 157 Å². The maximum Gasteiger partial charge on any atom is 0.330 e. The molecule has 7 rings (SSSR count). The van der Waals surface area contributed by atoms with Gasteiger partial charge in [0.2, 0.25) is 0 Å². The van der Waals surface area contributed by atoms with E-state index in [1.165, 1.54) is 35.4 Å². The van der Waals surface area contributed by atoms with Crippen molar-refractivity contribution in [2.45, 2.75) is 115 Å². The zero-order valence-electron chi connectivity index (χ0n) is 42.5. The number of hydrogen-bond donors (Lipinski definition) is 0. The Kier molecular flexibility index (Phi) is 21.1. The smallest absolute Gasteiger partial charge is 0.330 e. The first-order valence-electron chi connectivity index (χ1n) is 26.4. The number of esters is 4. The Labute approximate surface area is 436 Å². The molecule has 5 aromatic carbocycles. The van der Waals surface area contributed by atoms with Crippen LogP contribution in [0, 0.1) is 23.2 Å². The molecule has 0 unspecified atom stereocenters. The predicted octanol–water partition coefficient (Wildman–Crippen LogP) is 14.0. The largest absolute Gasteiger partial charge is 0.494 e. The first-order chi connectivity index (χ1) is 36.2. The summed E-state index contributed by atoms with van der Waals surface area (Å²) in [7, 11) is 0. The number of nitrogens with zero attached hydrogens (tertiary/aromatic N) is 1. The Morgan fingerprint density at radius 2 is 0.865 bits per heavy atom. The van der Waals surface area contributed by atoms with Gasteiger partial charge in [-0.15, -0.1) is 0 Å². The van der Waals surface area contributed by atoms with Crippen molar-refractivity contribution in [1.29, 1.82) is 5.26 Å². The van der Waals surface area contributed by atoms with Crippen molar-refractivity contribution in [3.8, 4) is 51.3 Å². The normalized spacial score (nSPS) is 17.2. The Morgan fingerprint density at radius 3 is 1.26 bits per heavy atom. The molecule has 0 saturated heterocycles. The zero-order chi connectivity index (χ0) is 51.9. The molecule has 0 radical (unpaired) electrons. The molecular formula is C63H69NO10. The summed E-state index contributed by atoms with van der Waals surface area (Å²) < 4.78 is 33.3. The molecule has 11 heteroatoms. The first-order valence-corrected chi connectivity index (χ1v) is 26.4. The van der Waals surface area contributed by atoms with E-state index in [1.807, 2.05) is 24.3 Å². The number of carbonyl (C=O) groups excluding carboxylic acids is 4. The van der Waals surface area contributed by atoms with E-state index in [0.717, 1.165) is 117 Å². The molecule has 2 aliphatic rings. The molecule has 11 nitrogen and oxygen atoms in total. The minimum absolute atomic E-state index is 0.0998. The van der Waals surface area contributed by atoms with Crippen LogP contribution in [0.25, 0.3) is 22.3 Å². The molecule has 0 amide bonds.